The zero-order valence-electron chi connectivity index (χ0n) is 11.5. The van der Waals surface area contributed by atoms with Gasteiger partial charge in [0.05, 0.1) is 11.9 Å². The second-order valence-electron chi connectivity index (χ2n) is 5.60. The summed E-state index contributed by atoms with van der Waals surface area (Å²) in [4.78, 5) is 17.5. The number of benzene rings is 1. The molecule has 0 amide bonds. The van der Waals surface area contributed by atoms with Gasteiger partial charge in [0.2, 0.25) is 0 Å². The highest BCUT2D eigenvalue weighted by atomic mass is 16.4. The standard InChI is InChI=1S/C16H18N2O2/c1-11-6-13(14-4-2-3-5-15(14)17-11)10-18-8-12(9-18)7-16(19)20/h2-6,12H,7-10H2,1H3,(H,19,20). The van der Waals surface area contributed by atoms with Crippen molar-refractivity contribution in [2.75, 3.05) is 13.1 Å². The van der Waals surface area contributed by atoms with E-state index >= 15 is 0 Å². The third kappa shape index (κ3) is 2.65. The van der Waals surface area contributed by atoms with E-state index in [9.17, 15) is 4.79 Å². The van der Waals surface area contributed by atoms with Crippen LogP contribution in [0.4, 0.5) is 0 Å². The lowest BCUT2D eigenvalue weighted by atomic mass is 9.95. The van der Waals surface area contributed by atoms with E-state index in [-0.39, 0.29) is 6.42 Å². The van der Waals surface area contributed by atoms with Crippen molar-refractivity contribution in [1.82, 2.24) is 9.88 Å². The predicted octanol–water partition coefficient (Wildman–Crippen LogP) is 2.45. The first-order valence-corrected chi connectivity index (χ1v) is 6.91. The van der Waals surface area contributed by atoms with Crippen LogP contribution in [-0.4, -0.2) is 34.0 Å². The van der Waals surface area contributed by atoms with E-state index in [1.54, 1.807) is 0 Å². The molecule has 104 valence electrons. The highest BCUT2D eigenvalue weighted by Crippen LogP contribution is 2.25. The van der Waals surface area contributed by atoms with E-state index in [2.05, 4.69) is 22.0 Å². The van der Waals surface area contributed by atoms with Crippen LogP contribution in [0.2, 0.25) is 0 Å². The van der Waals surface area contributed by atoms with Crippen molar-refractivity contribution in [3.63, 3.8) is 0 Å². The van der Waals surface area contributed by atoms with Crippen molar-refractivity contribution in [2.24, 2.45) is 5.92 Å². The molecular formula is C16H18N2O2. The van der Waals surface area contributed by atoms with Gasteiger partial charge in [-0.15, -0.1) is 0 Å². The first-order chi connectivity index (χ1) is 9.61. The number of carboxylic acids is 1. The van der Waals surface area contributed by atoms with E-state index in [4.69, 9.17) is 5.11 Å². The molecule has 1 saturated heterocycles. The summed E-state index contributed by atoms with van der Waals surface area (Å²) in [7, 11) is 0. The molecule has 1 aliphatic heterocycles. The van der Waals surface area contributed by atoms with Gasteiger partial charge in [-0.05, 0) is 30.5 Å². The Morgan fingerprint density at radius 3 is 2.90 bits per heavy atom. The number of nitrogens with zero attached hydrogens (tertiary/aromatic N) is 2. The number of hydrogen-bond acceptors (Lipinski definition) is 3. The average Bonchev–Trinajstić information content (AvgIpc) is 2.35. The molecule has 1 N–H and O–H groups in total. The SMILES string of the molecule is Cc1cc(CN2CC(CC(=O)O)C2)c2ccccc2n1. The van der Waals surface area contributed by atoms with Crippen molar-refractivity contribution in [2.45, 2.75) is 19.9 Å². The lowest BCUT2D eigenvalue weighted by Gasteiger charge is -2.38. The molecule has 2 aromatic rings. The first-order valence-electron chi connectivity index (χ1n) is 6.91. The maximum atomic E-state index is 10.7. The fourth-order valence-electron chi connectivity index (χ4n) is 2.95. The van der Waals surface area contributed by atoms with Gasteiger partial charge >= 0.3 is 5.97 Å². The maximum Gasteiger partial charge on any atom is 0.303 e. The van der Waals surface area contributed by atoms with Crippen LogP contribution in [0.25, 0.3) is 10.9 Å². The molecule has 1 fully saturated rings. The molecule has 0 unspecified atom stereocenters. The summed E-state index contributed by atoms with van der Waals surface area (Å²) in [5.74, 6) is -0.387. The van der Waals surface area contributed by atoms with E-state index in [1.807, 2.05) is 25.1 Å². The number of rotatable bonds is 4. The molecule has 0 bridgehead atoms. The molecule has 2 heterocycles. The summed E-state index contributed by atoms with van der Waals surface area (Å²) in [6.07, 6.45) is 0.284. The van der Waals surface area contributed by atoms with Gasteiger partial charge in [-0.3, -0.25) is 14.7 Å². The zero-order chi connectivity index (χ0) is 14.1. The second kappa shape index (κ2) is 5.21. The number of carboxylic acid groups (broad SMARTS) is 1. The number of aliphatic carboxylic acids is 1. The number of pyridine rings is 1. The number of likely N-dealkylation sites (tertiary alicyclic amines) is 1. The van der Waals surface area contributed by atoms with Crippen LogP contribution in [0.1, 0.15) is 17.7 Å². The van der Waals surface area contributed by atoms with Gasteiger partial charge in [0.15, 0.2) is 0 Å². The van der Waals surface area contributed by atoms with Crippen LogP contribution in [0.5, 0.6) is 0 Å². The molecule has 4 nitrogen and oxygen atoms in total. The molecule has 1 aromatic carbocycles. The quantitative estimate of drug-likeness (QED) is 0.927. The smallest absolute Gasteiger partial charge is 0.303 e. The predicted molar refractivity (Wildman–Crippen MR) is 77.5 cm³/mol. The molecule has 0 aliphatic carbocycles. The van der Waals surface area contributed by atoms with E-state index in [0.717, 1.165) is 30.8 Å². The molecule has 1 aromatic heterocycles. The van der Waals surface area contributed by atoms with Crippen molar-refractivity contribution in [3.8, 4) is 0 Å². The average molecular weight is 270 g/mol. The van der Waals surface area contributed by atoms with E-state index < -0.39 is 5.97 Å². The summed E-state index contributed by atoms with van der Waals surface area (Å²) in [5, 5.41) is 9.97. The van der Waals surface area contributed by atoms with Crippen LogP contribution in [-0.2, 0) is 11.3 Å². The Bertz CT molecular complexity index is 648. The van der Waals surface area contributed by atoms with Crippen molar-refractivity contribution >= 4 is 16.9 Å². The van der Waals surface area contributed by atoms with Gasteiger partial charge in [0.1, 0.15) is 0 Å². The van der Waals surface area contributed by atoms with Crippen LogP contribution >= 0.6 is 0 Å². The van der Waals surface area contributed by atoms with Gasteiger partial charge in [-0.2, -0.15) is 0 Å². The molecule has 0 atom stereocenters. The van der Waals surface area contributed by atoms with Crippen LogP contribution < -0.4 is 0 Å². The van der Waals surface area contributed by atoms with Gasteiger partial charge in [0, 0.05) is 30.7 Å². The Morgan fingerprint density at radius 1 is 1.40 bits per heavy atom. The third-order valence-electron chi connectivity index (χ3n) is 3.82. The molecule has 1 aliphatic rings. The third-order valence-corrected chi connectivity index (χ3v) is 3.82. The minimum Gasteiger partial charge on any atom is -0.481 e. The maximum absolute atomic E-state index is 10.7. The molecular weight excluding hydrogens is 252 g/mol. The molecule has 0 spiro atoms. The monoisotopic (exact) mass is 270 g/mol. The Balaban J connectivity index is 1.74. The molecule has 4 heteroatoms. The Hall–Kier alpha value is -1.94. The molecule has 20 heavy (non-hydrogen) atoms. The number of carbonyl (C=O) groups is 1. The number of para-hydroxylation sites is 1. The Labute approximate surface area is 118 Å². The van der Waals surface area contributed by atoms with Crippen LogP contribution in [0, 0.1) is 12.8 Å². The fourth-order valence-corrected chi connectivity index (χ4v) is 2.95. The first kappa shape index (κ1) is 13.1. The summed E-state index contributed by atoms with van der Waals surface area (Å²) in [6.45, 7) is 4.64. The van der Waals surface area contributed by atoms with Crippen molar-refractivity contribution in [1.29, 1.82) is 0 Å². The molecule has 0 saturated carbocycles. The zero-order valence-corrected chi connectivity index (χ0v) is 11.5. The Morgan fingerprint density at radius 2 is 2.15 bits per heavy atom. The highest BCUT2D eigenvalue weighted by Gasteiger charge is 2.28. The highest BCUT2D eigenvalue weighted by molar-refractivity contribution is 5.82. The van der Waals surface area contributed by atoms with Crippen LogP contribution in [0.15, 0.2) is 30.3 Å². The minimum absolute atomic E-state index is 0.284. The lowest BCUT2D eigenvalue weighted by molar-refractivity contribution is -0.139. The summed E-state index contributed by atoms with van der Waals surface area (Å²) < 4.78 is 0. The summed E-state index contributed by atoms with van der Waals surface area (Å²) in [5.41, 5.74) is 3.34. The molecule has 3 rings (SSSR count). The normalized spacial score (nSPS) is 16.2. The Kier molecular flexibility index (Phi) is 3.40. The van der Waals surface area contributed by atoms with Crippen LogP contribution in [0.3, 0.4) is 0 Å². The number of aromatic nitrogens is 1. The van der Waals surface area contributed by atoms with Crippen molar-refractivity contribution < 1.29 is 9.90 Å². The number of aryl methyl sites for hydroxylation is 1. The second-order valence-corrected chi connectivity index (χ2v) is 5.60. The summed E-state index contributed by atoms with van der Waals surface area (Å²) in [6, 6.07) is 10.3. The van der Waals surface area contributed by atoms with Gasteiger partial charge in [-0.1, -0.05) is 18.2 Å². The number of fused-ring (bicyclic) bond motifs is 1. The van der Waals surface area contributed by atoms with Gasteiger partial charge in [0.25, 0.3) is 0 Å². The fraction of sp³-hybridized carbons (Fsp3) is 0.375. The topological polar surface area (TPSA) is 53.4 Å². The minimum atomic E-state index is -0.695. The van der Waals surface area contributed by atoms with Crippen molar-refractivity contribution in [3.05, 3.63) is 41.6 Å². The molecule has 0 radical (unpaired) electrons. The summed E-state index contributed by atoms with van der Waals surface area (Å²) >= 11 is 0. The van der Waals surface area contributed by atoms with Gasteiger partial charge in [-0.25, -0.2) is 0 Å². The lowest BCUT2D eigenvalue weighted by Crippen LogP contribution is -2.46. The van der Waals surface area contributed by atoms with E-state index in [1.165, 1.54) is 10.9 Å². The number of hydrogen-bond donors (Lipinski definition) is 1. The largest absolute Gasteiger partial charge is 0.481 e. The van der Waals surface area contributed by atoms with E-state index in [0.29, 0.717) is 5.92 Å². The van der Waals surface area contributed by atoms with Gasteiger partial charge < -0.3 is 5.11 Å².